The van der Waals surface area contributed by atoms with Gasteiger partial charge in [0.2, 0.25) is 0 Å². The summed E-state index contributed by atoms with van der Waals surface area (Å²) in [6.45, 7) is 0. The maximum Gasteiger partial charge on any atom is 0.280 e. The molecule has 2 N–H and O–H groups in total. The van der Waals surface area contributed by atoms with Gasteiger partial charge in [0.05, 0.1) is 10.9 Å². The Bertz CT molecular complexity index is 911. The number of fused-ring (bicyclic) bond motifs is 1. The lowest BCUT2D eigenvalue weighted by Gasteiger charge is -2.08. The van der Waals surface area contributed by atoms with Gasteiger partial charge >= 0.3 is 0 Å². The average molecular weight is 319 g/mol. The third-order valence-electron chi connectivity index (χ3n) is 3.15. The number of nitrogen functional groups attached to an aromatic ring is 1. The molecule has 0 saturated heterocycles. The standard InChI is InChI=1S/C15H11F2N3OS/c16-10-5-6-11-13(7-10)19-15(20(18)14(11)21)22-8-9-3-1-2-4-12(9)17/h1-7H,8,18H2. The molecular formula is C15H11F2N3OS. The smallest absolute Gasteiger partial charge is 0.280 e. The number of benzene rings is 2. The second kappa shape index (κ2) is 5.76. The number of nitrogens with zero attached hydrogens (tertiary/aromatic N) is 2. The highest BCUT2D eigenvalue weighted by Crippen LogP contribution is 2.22. The van der Waals surface area contributed by atoms with Crippen molar-refractivity contribution in [3.05, 3.63) is 70.0 Å². The molecule has 2 aromatic carbocycles. The summed E-state index contributed by atoms with van der Waals surface area (Å²) in [5, 5.41) is 0.436. The van der Waals surface area contributed by atoms with Crippen LogP contribution in [-0.2, 0) is 5.75 Å². The van der Waals surface area contributed by atoms with E-state index in [2.05, 4.69) is 4.98 Å². The second-order valence-corrected chi connectivity index (χ2v) is 5.55. The zero-order valence-electron chi connectivity index (χ0n) is 11.3. The van der Waals surface area contributed by atoms with E-state index in [1.807, 2.05) is 0 Å². The largest absolute Gasteiger partial charge is 0.334 e. The molecule has 0 bridgehead atoms. The lowest BCUT2D eigenvalue weighted by atomic mass is 10.2. The van der Waals surface area contributed by atoms with Crippen molar-refractivity contribution in [2.24, 2.45) is 0 Å². The number of hydrogen-bond donors (Lipinski definition) is 1. The average Bonchev–Trinajstić information content (AvgIpc) is 2.50. The fraction of sp³-hybridized carbons (Fsp3) is 0.0667. The number of rotatable bonds is 3. The number of halogens is 2. The lowest BCUT2D eigenvalue weighted by molar-refractivity contribution is 0.617. The van der Waals surface area contributed by atoms with Crippen molar-refractivity contribution in [2.45, 2.75) is 10.9 Å². The number of thioether (sulfide) groups is 1. The first-order valence-electron chi connectivity index (χ1n) is 6.40. The highest BCUT2D eigenvalue weighted by molar-refractivity contribution is 7.98. The predicted molar refractivity (Wildman–Crippen MR) is 82.1 cm³/mol. The summed E-state index contributed by atoms with van der Waals surface area (Å²) in [7, 11) is 0. The minimum atomic E-state index is -0.487. The summed E-state index contributed by atoms with van der Waals surface area (Å²) in [6, 6.07) is 10.0. The Balaban J connectivity index is 1.99. The van der Waals surface area contributed by atoms with Crippen LogP contribution < -0.4 is 11.4 Å². The Labute approximate surface area is 128 Å². The van der Waals surface area contributed by atoms with Gasteiger partial charge in [-0.3, -0.25) is 4.79 Å². The highest BCUT2D eigenvalue weighted by Gasteiger charge is 2.11. The van der Waals surface area contributed by atoms with E-state index in [0.29, 0.717) is 5.56 Å². The monoisotopic (exact) mass is 319 g/mol. The van der Waals surface area contributed by atoms with E-state index >= 15 is 0 Å². The minimum absolute atomic E-state index is 0.200. The molecule has 0 fully saturated rings. The van der Waals surface area contributed by atoms with Crippen LogP contribution in [0.1, 0.15) is 5.56 Å². The zero-order chi connectivity index (χ0) is 15.7. The van der Waals surface area contributed by atoms with Crippen LogP contribution in [0.3, 0.4) is 0 Å². The van der Waals surface area contributed by atoms with Crippen LogP contribution >= 0.6 is 11.8 Å². The molecule has 0 aliphatic heterocycles. The number of hydrogen-bond acceptors (Lipinski definition) is 4. The van der Waals surface area contributed by atoms with E-state index in [1.54, 1.807) is 18.2 Å². The van der Waals surface area contributed by atoms with Crippen LogP contribution in [0, 0.1) is 11.6 Å². The summed E-state index contributed by atoms with van der Waals surface area (Å²) >= 11 is 1.11. The first-order chi connectivity index (χ1) is 10.6. The predicted octanol–water partition coefficient (Wildman–Crippen LogP) is 2.68. The van der Waals surface area contributed by atoms with Crippen LogP contribution in [0.15, 0.2) is 52.4 Å². The van der Waals surface area contributed by atoms with Gasteiger partial charge in [-0.2, -0.15) is 0 Å². The van der Waals surface area contributed by atoms with Crippen molar-refractivity contribution in [2.75, 3.05) is 5.84 Å². The van der Waals surface area contributed by atoms with Gasteiger partial charge in [0.1, 0.15) is 11.6 Å². The van der Waals surface area contributed by atoms with Gasteiger partial charge < -0.3 is 5.84 Å². The Morgan fingerprint density at radius 3 is 2.73 bits per heavy atom. The van der Waals surface area contributed by atoms with Crippen molar-refractivity contribution < 1.29 is 8.78 Å². The van der Waals surface area contributed by atoms with Gasteiger partial charge in [0.25, 0.3) is 5.56 Å². The molecule has 3 rings (SSSR count). The maximum atomic E-state index is 13.6. The first kappa shape index (κ1) is 14.5. The minimum Gasteiger partial charge on any atom is -0.334 e. The van der Waals surface area contributed by atoms with E-state index in [0.717, 1.165) is 16.4 Å². The molecule has 3 aromatic rings. The maximum absolute atomic E-state index is 13.6. The molecular weight excluding hydrogens is 308 g/mol. The Kier molecular flexibility index (Phi) is 3.81. The summed E-state index contributed by atoms with van der Waals surface area (Å²) in [5.41, 5.74) is 0.227. The highest BCUT2D eigenvalue weighted by atomic mass is 32.2. The van der Waals surface area contributed by atoms with Gasteiger partial charge in [0.15, 0.2) is 5.16 Å². The fourth-order valence-corrected chi connectivity index (χ4v) is 2.91. The lowest BCUT2D eigenvalue weighted by Crippen LogP contribution is -2.29. The molecule has 0 aliphatic carbocycles. The topological polar surface area (TPSA) is 60.9 Å². The summed E-state index contributed by atoms with van der Waals surface area (Å²) < 4.78 is 27.8. The van der Waals surface area contributed by atoms with Gasteiger partial charge in [-0.05, 0) is 23.8 Å². The van der Waals surface area contributed by atoms with Gasteiger partial charge in [-0.1, -0.05) is 30.0 Å². The summed E-state index contributed by atoms with van der Waals surface area (Å²) in [6.07, 6.45) is 0. The Hall–Kier alpha value is -2.41. The van der Waals surface area contributed by atoms with Crippen LogP contribution in [0.25, 0.3) is 10.9 Å². The fourth-order valence-electron chi connectivity index (χ4n) is 2.01. The van der Waals surface area contributed by atoms with Crippen LogP contribution in [-0.4, -0.2) is 9.66 Å². The molecule has 0 radical (unpaired) electrons. The second-order valence-electron chi connectivity index (χ2n) is 4.61. The van der Waals surface area contributed by atoms with Crippen LogP contribution in [0.2, 0.25) is 0 Å². The molecule has 112 valence electrons. The molecule has 0 atom stereocenters. The SMILES string of the molecule is Nn1c(SCc2ccccc2F)nc2cc(F)ccc2c1=O. The van der Waals surface area contributed by atoms with Crippen molar-refractivity contribution in [3.8, 4) is 0 Å². The first-order valence-corrected chi connectivity index (χ1v) is 7.38. The number of aromatic nitrogens is 2. The van der Waals surface area contributed by atoms with Crippen LogP contribution in [0.4, 0.5) is 8.78 Å². The molecule has 1 aromatic heterocycles. The molecule has 0 unspecified atom stereocenters. The zero-order valence-corrected chi connectivity index (χ0v) is 12.1. The molecule has 22 heavy (non-hydrogen) atoms. The van der Waals surface area contributed by atoms with Crippen LogP contribution in [0.5, 0.6) is 0 Å². The number of nitrogens with two attached hydrogens (primary N) is 1. The normalized spacial score (nSPS) is 11.0. The van der Waals surface area contributed by atoms with Crippen molar-refractivity contribution in [1.82, 2.24) is 9.66 Å². The quantitative estimate of drug-likeness (QED) is 0.458. The van der Waals surface area contributed by atoms with Gasteiger partial charge in [-0.25, -0.2) is 18.4 Å². The van der Waals surface area contributed by atoms with E-state index < -0.39 is 11.4 Å². The van der Waals surface area contributed by atoms with E-state index in [4.69, 9.17) is 5.84 Å². The summed E-state index contributed by atoms with van der Waals surface area (Å²) in [5.74, 6) is 5.16. The molecule has 7 heteroatoms. The van der Waals surface area contributed by atoms with Gasteiger partial charge in [-0.15, -0.1) is 0 Å². The molecule has 0 saturated carbocycles. The molecule has 0 aliphatic rings. The van der Waals surface area contributed by atoms with Crippen molar-refractivity contribution in [3.63, 3.8) is 0 Å². The van der Waals surface area contributed by atoms with Gasteiger partial charge in [0, 0.05) is 11.8 Å². The molecule has 0 spiro atoms. The molecule has 1 heterocycles. The van der Waals surface area contributed by atoms with Crippen molar-refractivity contribution >= 4 is 22.7 Å². The van der Waals surface area contributed by atoms with E-state index in [9.17, 15) is 13.6 Å². The molecule has 4 nitrogen and oxygen atoms in total. The third-order valence-corrected chi connectivity index (χ3v) is 4.15. The van der Waals surface area contributed by atoms with E-state index in [-0.39, 0.29) is 27.6 Å². The third kappa shape index (κ3) is 2.67. The van der Waals surface area contributed by atoms with E-state index in [1.165, 1.54) is 24.3 Å². The Morgan fingerprint density at radius 1 is 1.18 bits per heavy atom. The molecule has 0 amide bonds. The Morgan fingerprint density at radius 2 is 1.95 bits per heavy atom. The van der Waals surface area contributed by atoms with Crippen molar-refractivity contribution in [1.29, 1.82) is 0 Å². The summed E-state index contributed by atoms with van der Waals surface area (Å²) in [4.78, 5) is 16.3.